The average molecular weight is 252 g/mol. The monoisotopic (exact) mass is 252 g/mol. The molecule has 0 fully saturated rings. The molecule has 0 heterocycles. The second-order valence-electron chi connectivity index (χ2n) is 4.13. The minimum absolute atomic E-state index is 0.660. The van der Waals surface area contributed by atoms with Gasteiger partial charge in [0, 0.05) is 18.3 Å². The smallest absolute Gasteiger partial charge is 0.121 e. The summed E-state index contributed by atoms with van der Waals surface area (Å²) in [5.74, 6) is 0.860. The molecule has 0 aliphatic heterocycles. The highest BCUT2D eigenvalue weighted by Gasteiger charge is 1.98. The van der Waals surface area contributed by atoms with E-state index in [1.165, 1.54) is 0 Å². The summed E-state index contributed by atoms with van der Waals surface area (Å²) < 4.78 is 5.45. The number of anilines is 1. The van der Waals surface area contributed by atoms with Crippen molar-refractivity contribution in [1.82, 2.24) is 0 Å². The molecule has 2 rings (SSSR count). The van der Waals surface area contributed by atoms with Gasteiger partial charge in [-0.15, -0.1) is 0 Å². The Morgan fingerprint density at radius 3 is 2.79 bits per heavy atom. The molecule has 0 unspecified atom stereocenters. The minimum Gasteiger partial charge on any atom is -0.494 e. The maximum absolute atomic E-state index is 8.86. The Morgan fingerprint density at radius 2 is 2.00 bits per heavy atom. The first-order valence-electron chi connectivity index (χ1n) is 6.27. The zero-order chi connectivity index (χ0) is 13.5. The fraction of sp³-hybridized carbons (Fsp3) is 0.188. The van der Waals surface area contributed by atoms with Gasteiger partial charge >= 0.3 is 0 Å². The van der Waals surface area contributed by atoms with Gasteiger partial charge in [-0.25, -0.2) is 0 Å². The van der Waals surface area contributed by atoms with Crippen LogP contribution in [0, 0.1) is 11.3 Å². The van der Waals surface area contributed by atoms with Gasteiger partial charge in [-0.05, 0) is 36.8 Å². The maximum Gasteiger partial charge on any atom is 0.121 e. The van der Waals surface area contributed by atoms with Crippen LogP contribution >= 0.6 is 0 Å². The molecule has 0 aliphatic rings. The van der Waals surface area contributed by atoms with Crippen molar-refractivity contribution in [3.05, 3.63) is 59.7 Å². The third-order valence-electron chi connectivity index (χ3n) is 2.70. The number of nitrogens with one attached hydrogen (secondary N) is 1. The van der Waals surface area contributed by atoms with Crippen molar-refractivity contribution in [2.24, 2.45) is 0 Å². The quantitative estimate of drug-likeness (QED) is 0.884. The van der Waals surface area contributed by atoms with Crippen LogP contribution in [-0.2, 0) is 6.54 Å². The van der Waals surface area contributed by atoms with Crippen molar-refractivity contribution < 1.29 is 4.74 Å². The van der Waals surface area contributed by atoms with Crippen LogP contribution in [0.25, 0.3) is 0 Å². The SMILES string of the molecule is CCOc1cccc(NCc2cccc(C#N)c2)c1. The first-order valence-corrected chi connectivity index (χ1v) is 6.27. The molecule has 0 saturated carbocycles. The number of hydrogen-bond donors (Lipinski definition) is 1. The molecule has 0 bridgehead atoms. The van der Waals surface area contributed by atoms with Crippen LogP contribution in [0.1, 0.15) is 18.1 Å². The van der Waals surface area contributed by atoms with Crippen LogP contribution < -0.4 is 10.1 Å². The van der Waals surface area contributed by atoms with Crippen LogP contribution in [0.15, 0.2) is 48.5 Å². The molecule has 3 heteroatoms. The Bertz CT molecular complexity index is 587. The molecule has 0 aromatic heterocycles. The Labute approximate surface area is 113 Å². The normalized spacial score (nSPS) is 9.68. The van der Waals surface area contributed by atoms with E-state index in [4.69, 9.17) is 10.00 Å². The van der Waals surface area contributed by atoms with Gasteiger partial charge in [0.25, 0.3) is 0 Å². The third-order valence-corrected chi connectivity index (χ3v) is 2.70. The van der Waals surface area contributed by atoms with Gasteiger partial charge in [-0.2, -0.15) is 5.26 Å². The van der Waals surface area contributed by atoms with Crippen molar-refractivity contribution >= 4 is 5.69 Å². The van der Waals surface area contributed by atoms with Crippen LogP contribution in [0.3, 0.4) is 0 Å². The second kappa shape index (κ2) is 6.46. The predicted octanol–water partition coefficient (Wildman–Crippen LogP) is 3.57. The highest BCUT2D eigenvalue weighted by molar-refractivity contribution is 5.48. The van der Waals surface area contributed by atoms with Gasteiger partial charge in [0.15, 0.2) is 0 Å². The largest absolute Gasteiger partial charge is 0.494 e. The standard InChI is InChI=1S/C16H16N2O/c1-2-19-16-8-4-7-15(10-16)18-12-14-6-3-5-13(9-14)11-17/h3-10,18H,2,12H2,1H3. The number of ether oxygens (including phenoxy) is 1. The van der Waals surface area contributed by atoms with E-state index in [0.717, 1.165) is 17.0 Å². The molecular formula is C16H16N2O. The van der Waals surface area contributed by atoms with Crippen molar-refractivity contribution in [3.63, 3.8) is 0 Å². The molecule has 0 saturated heterocycles. The fourth-order valence-electron chi connectivity index (χ4n) is 1.82. The van der Waals surface area contributed by atoms with Gasteiger partial charge < -0.3 is 10.1 Å². The van der Waals surface area contributed by atoms with Crippen molar-refractivity contribution in [2.75, 3.05) is 11.9 Å². The van der Waals surface area contributed by atoms with Crippen molar-refractivity contribution in [2.45, 2.75) is 13.5 Å². The number of rotatable bonds is 5. The van der Waals surface area contributed by atoms with Crippen LogP contribution in [0.2, 0.25) is 0 Å². The molecule has 0 aliphatic carbocycles. The van der Waals surface area contributed by atoms with E-state index in [2.05, 4.69) is 11.4 Å². The molecule has 2 aromatic rings. The maximum atomic E-state index is 8.86. The third kappa shape index (κ3) is 3.75. The number of nitrogens with zero attached hydrogens (tertiary/aromatic N) is 1. The molecule has 1 N–H and O–H groups in total. The van der Waals surface area contributed by atoms with E-state index in [9.17, 15) is 0 Å². The highest BCUT2D eigenvalue weighted by Crippen LogP contribution is 2.18. The van der Waals surface area contributed by atoms with Gasteiger partial charge in [-0.3, -0.25) is 0 Å². The van der Waals surface area contributed by atoms with Crippen LogP contribution in [0.5, 0.6) is 5.75 Å². The summed E-state index contributed by atoms with van der Waals surface area (Å²) in [4.78, 5) is 0. The Kier molecular flexibility index (Phi) is 4.41. The molecule has 19 heavy (non-hydrogen) atoms. The molecule has 96 valence electrons. The summed E-state index contributed by atoms with van der Waals surface area (Å²) in [5.41, 5.74) is 2.77. The summed E-state index contributed by atoms with van der Waals surface area (Å²) in [6.07, 6.45) is 0. The summed E-state index contributed by atoms with van der Waals surface area (Å²) in [6, 6.07) is 17.6. The highest BCUT2D eigenvalue weighted by atomic mass is 16.5. The molecule has 0 amide bonds. The number of nitriles is 1. The Hall–Kier alpha value is -2.47. The lowest BCUT2D eigenvalue weighted by Gasteiger charge is -2.09. The van der Waals surface area contributed by atoms with Crippen LogP contribution in [-0.4, -0.2) is 6.61 Å². The van der Waals surface area contributed by atoms with E-state index in [1.54, 1.807) is 6.07 Å². The molecule has 0 atom stereocenters. The van der Waals surface area contributed by atoms with Crippen LogP contribution in [0.4, 0.5) is 5.69 Å². The number of benzene rings is 2. The van der Waals surface area contributed by atoms with E-state index in [-0.39, 0.29) is 0 Å². The van der Waals surface area contributed by atoms with E-state index in [0.29, 0.717) is 18.7 Å². The number of hydrogen-bond acceptors (Lipinski definition) is 3. The molecule has 2 aromatic carbocycles. The summed E-state index contributed by atoms with van der Waals surface area (Å²) in [7, 11) is 0. The Balaban J connectivity index is 2.01. The Morgan fingerprint density at radius 1 is 1.16 bits per heavy atom. The molecule has 0 spiro atoms. The lowest BCUT2D eigenvalue weighted by Crippen LogP contribution is -2.00. The first kappa shape index (κ1) is 13.0. The van der Waals surface area contributed by atoms with Crippen molar-refractivity contribution in [1.29, 1.82) is 5.26 Å². The van der Waals surface area contributed by atoms with Gasteiger partial charge in [0.1, 0.15) is 5.75 Å². The lowest BCUT2D eigenvalue weighted by atomic mass is 10.1. The topological polar surface area (TPSA) is 45.0 Å². The predicted molar refractivity (Wildman–Crippen MR) is 76.1 cm³/mol. The first-order chi connectivity index (χ1) is 9.31. The van der Waals surface area contributed by atoms with E-state index >= 15 is 0 Å². The zero-order valence-electron chi connectivity index (χ0n) is 10.9. The summed E-state index contributed by atoms with van der Waals surface area (Å²) >= 11 is 0. The summed E-state index contributed by atoms with van der Waals surface area (Å²) in [5, 5.41) is 12.2. The summed E-state index contributed by atoms with van der Waals surface area (Å²) in [6.45, 7) is 3.31. The van der Waals surface area contributed by atoms with Gasteiger partial charge in [0.2, 0.25) is 0 Å². The second-order valence-corrected chi connectivity index (χ2v) is 4.13. The van der Waals surface area contributed by atoms with Gasteiger partial charge in [0.05, 0.1) is 18.2 Å². The molecular weight excluding hydrogens is 236 g/mol. The zero-order valence-corrected chi connectivity index (χ0v) is 10.9. The average Bonchev–Trinajstić information content (AvgIpc) is 2.46. The van der Waals surface area contributed by atoms with E-state index in [1.807, 2.05) is 49.4 Å². The van der Waals surface area contributed by atoms with Crippen molar-refractivity contribution in [3.8, 4) is 11.8 Å². The molecule has 3 nitrogen and oxygen atoms in total. The van der Waals surface area contributed by atoms with Gasteiger partial charge in [-0.1, -0.05) is 18.2 Å². The van der Waals surface area contributed by atoms with E-state index < -0.39 is 0 Å². The lowest BCUT2D eigenvalue weighted by molar-refractivity contribution is 0.340. The fourth-order valence-corrected chi connectivity index (χ4v) is 1.82. The molecule has 0 radical (unpaired) electrons. The minimum atomic E-state index is 0.660.